The van der Waals surface area contributed by atoms with E-state index in [1.807, 2.05) is 37.3 Å². The van der Waals surface area contributed by atoms with E-state index in [1.54, 1.807) is 6.08 Å². The number of carbonyl (C=O) groups is 1. The Bertz CT molecular complexity index is 563. The molecule has 0 fully saturated rings. The van der Waals surface area contributed by atoms with Crippen molar-refractivity contribution in [2.45, 2.75) is 13.3 Å². The molecule has 2 N–H and O–H groups in total. The maximum Gasteiger partial charge on any atom is 0.223 e. The third-order valence-electron chi connectivity index (χ3n) is 2.50. The summed E-state index contributed by atoms with van der Waals surface area (Å²) >= 11 is 0. The first-order chi connectivity index (χ1) is 9.37. The fraction of sp³-hybridized carbons (Fsp3) is 0.357. The summed E-state index contributed by atoms with van der Waals surface area (Å²) in [6.45, 7) is 2.50. The molecular formula is C14H20N2O3S. The zero-order valence-corrected chi connectivity index (χ0v) is 12.5. The van der Waals surface area contributed by atoms with Gasteiger partial charge in [0.25, 0.3) is 0 Å². The molecular weight excluding hydrogens is 276 g/mol. The van der Waals surface area contributed by atoms with E-state index in [-0.39, 0.29) is 25.4 Å². The SMILES string of the molecule is Cc1ccc(/C=C/CC(=O)NCCNS(C)(=O)=O)cc1. The van der Waals surface area contributed by atoms with Crippen molar-refractivity contribution < 1.29 is 13.2 Å². The lowest BCUT2D eigenvalue weighted by Crippen LogP contribution is -2.33. The van der Waals surface area contributed by atoms with Gasteiger partial charge in [-0.15, -0.1) is 0 Å². The van der Waals surface area contributed by atoms with Crippen molar-refractivity contribution in [1.82, 2.24) is 10.0 Å². The number of amides is 1. The van der Waals surface area contributed by atoms with Gasteiger partial charge < -0.3 is 5.32 Å². The molecule has 0 aliphatic heterocycles. The Kier molecular flexibility index (Phi) is 6.41. The number of rotatable bonds is 7. The van der Waals surface area contributed by atoms with Gasteiger partial charge in [-0.1, -0.05) is 42.0 Å². The van der Waals surface area contributed by atoms with Crippen LogP contribution in [0.1, 0.15) is 17.5 Å². The average Bonchev–Trinajstić information content (AvgIpc) is 2.36. The van der Waals surface area contributed by atoms with Crippen LogP contribution >= 0.6 is 0 Å². The van der Waals surface area contributed by atoms with Crippen LogP contribution in [0.25, 0.3) is 6.08 Å². The van der Waals surface area contributed by atoms with Gasteiger partial charge >= 0.3 is 0 Å². The Hall–Kier alpha value is -1.66. The molecule has 1 aromatic rings. The highest BCUT2D eigenvalue weighted by Crippen LogP contribution is 2.05. The van der Waals surface area contributed by atoms with E-state index in [1.165, 1.54) is 5.56 Å². The summed E-state index contributed by atoms with van der Waals surface area (Å²) < 4.78 is 23.9. The molecule has 0 saturated carbocycles. The molecule has 1 rings (SSSR count). The van der Waals surface area contributed by atoms with Gasteiger partial charge in [-0.05, 0) is 12.5 Å². The second-order valence-electron chi connectivity index (χ2n) is 4.53. The Morgan fingerprint density at radius 1 is 1.20 bits per heavy atom. The molecule has 1 aromatic carbocycles. The monoisotopic (exact) mass is 296 g/mol. The normalized spacial score (nSPS) is 11.7. The second-order valence-corrected chi connectivity index (χ2v) is 6.37. The Labute approximate surface area is 120 Å². The Morgan fingerprint density at radius 2 is 1.85 bits per heavy atom. The minimum absolute atomic E-state index is 0.135. The van der Waals surface area contributed by atoms with Crippen molar-refractivity contribution >= 4 is 22.0 Å². The van der Waals surface area contributed by atoms with Gasteiger partial charge in [-0.2, -0.15) is 0 Å². The van der Waals surface area contributed by atoms with E-state index < -0.39 is 10.0 Å². The third-order valence-corrected chi connectivity index (χ3v) is 3.23. The maximum atomic E-state index is 11.5. The molecule has 0 aliphatic rings. The van der Waals surface area contributed by atoms with Crippen LogP contribution in [-0.4, -0.2) is 33.7 Å². The zero-order chi connectivity index (χ0) is 15.0. The highest BCUT2D eigenvalue weighted by atomic mass is 32.2. The van der Waals surface area contributed by atoms with Crippen LogP contribution < -0.4 is 10.0 Å². The van der Waals surface area contributed by atoms with Crippen LogP contribution in [0.15, 0.2) is 30.3 Å². The van der Waals surface area contributed by atoms with Crippen molar-refractivity contribution in [1.29, 1.82) is 0 Å². The van der Waals surface area contributed by atoms with Crippen LogP contribution in [0, 0.1) is 6.92 Å². The van der Waals surface area contributed by atoms with E-state index in [0.717, 1.165) is 11.8 Å². The molecule has 5 nitrogen and oxygen atoms in total. The molecule has 0 aromatic heterocycles. The van der Waals surface area contributed by atoms with Gasteiger partial charge in [-0.25, -0.2) is 13.1 Å². The summed E-state index contributed by atoms with van der Waals surface area (Å²) in [5.74, 6) is -0.135. The van der Waals surface area contributed by atoms with E-state index >= 15 is 0 Å². The lowest BCUT2D eigenvalue weighted by molar-refractivity contribution is -0.120. The van der Waals surface area contributed by atoms with E-state index in [9.17, 15) is 13.2 Å². The molecule has 0 spiro atoms. The standard InChI is InChI=1S/C14H20N2O3S/c1-12-6-8-13(9-7-12)4-3-5-14(17)15-10-11-16-20(2,18)19/h3-4,6-9,16H,5,10-11H2,1-2H3,(H,15,17)/b4-3+. The molecule has 110 valence electrons. The summed E-state index contributed by atoms with van der Waals surface area (Å²) in [5.41, 5.74) is 2.24. The van der Waals surface area contributed by atoms with Crippen molar-refractivity contribution in [2.75, 3.05) is 19.3 Å². The number of hydrogen-bond acceptors (Lipinski definition) is 3. The first-order valence-electron chi connectivity index (χ1n) is 6.31. The largest absolute Gasteiger partial charge is 0.355 e. The van der Waals surface area contributed by atoms with E-state index in [0.29, 0.717) is 0 Å². The van der Waals surface area contributed by atoms with Crippen molar-refractivity contribution in [3.8, 4) is 0 Å². The van der Waals surface area contributed by atoms with Gasteiger partial charge in [0.05, 0.1) is 6.26 Å². The van der Waals surface area contributed by atoms with Crippen molar-refractivity contribution in [3.63, 3.8) is 0 Å². The molecule has 1 amide bonds. The van der Waals surface area contributed by atoms with Crippen LogP contribution in [0.5, 0.6) is 0 Å². The fourth-order valence-corrected chi connectivity index (χ4v) is 1.96. The lowest BCUT2D eigenvalue weighted by atomic mass is 10.1. The molecule has 0 aliphatic carbocycles. The summed E-state index contributed by atoms with van der Waals surface area (Å²) in [5, 5.41) is 2.63. The van der Waals surface area contributed by atoms with Crippen molar-refractivity contribution in [2.24, 2.45) is 0 Å². The Morgan fingerprint density at radius 3 is 2.45 bits per heavy atom. The highest BCUT2D eigenvalue weighted by molar-refractivity contribution is 7.88. The highest BCUT2D eigenvalue weighted by Gasteiger charge is 2.00. The van der Waals surface area contributed by atoms with Crippen molar-refractivity contribution in [3.05, 3.63) is 41.5 Å². The summed E-state index contributed by atoms with van der Waals surface area (Å²) in [6.07, 6.45) is 5.02. The molecule has 0 bridgehead atoms. The molecule has 20 heavy (non-hydrogen) atoms. The fourth-order valence-electron chi connectivity index (χ4n) is 1.49. The Balaban J connectivity index is 2.24. The van der Waals surface area contributed by atoms with Gasteiger partial charge in [0, 0.05) is 19.5 Å². The lowest BCUT2D eigenvalue weighted by Gasteiger charge is -2.03. The molecule has 0 heterocycles. The summed E-state index contributed by atoms with van der Waals surface area (Å²) in [4.78, 5) is 11.5. The van der Waals surface area contributed by atoms with Gasteiger partial charge in [0.2, 0.25) is 15.9 Å². The van der Waals surface area contributed by atoms with E-state index in [4.69, 9.17) is 0 Å². The zero-order valence-electron chi connectivity index (χ0n) is 11.7. The molecule has 0 saturated heterocycles. The first-order valence-corrected chi connectivity index (χ1v) is 8.20. The van der Waals surface area contributed by atoms with Gasteiger partial charge in [0.1, 0.15) is 0 Å². The number of hydrogen-bond donors (Lipinski definition) is 2. The quantitative estimate of drug-likeness (QED) is 0.739. The predicted molar refractivity (Wildman–Crippen MR) is 80.7 cm³/mol. The van der Waals surface area contributed by atoms with E-state index in [2.05, 4.69) is 10.0 Å². The minimum atomic E-state index is -3.19. The minimum Gasteiger partial charge on any atom is -0.355 e. The second kappa shape index (κ2) is 7.81. The van der Waals surface area contributed by atoms with Gasteiger partial charge in [0.15, 0.2) is 0 Å². The number of carbonyl (C=O) groups excluding carboxylic acids is 1. The summed E-state index contributed by atoms with van der Waals surface area (Å²) in [6, 6.07) is 7.99. The van der Waals surface area contributed by atoms with Gasteiger partial charge in [-0.3, -0.25) is 4.79 Å². The number of nitrogens with one attached hydrogen (secondary N) is 2. The first kappa shape index (κ1) is 16.4. The van der Waals surface area contributed by atoms with Crippen LogP contribution in [0.3, 0.4) is 0 Å². The van der Waals surface area contributed by atoms with Crippen LogP contribution in [0.2, 0.25) is 0 Å². The molecule has 0 unspecified atom stereocenters. The number of benzene rings is 1. The molecule has 6 heteroatoms. The number of sulfonamides is 1. The third kappa shape index (κ3) is 7.70. The molecule has 0 radical (unpaired) electrons. The average molecular weight is 296 g/mol. The topological polar surface area (TPSA) is 75.3 Å². The maximum absolute atomic E-state index is 11.5. The molecule has 0 atom stereocenters. The van der Waals surface area contributed by atoms with Crippen LogP contribution in [0.4, 0.5) is 0 Å². The smallest absolute Gasteiger partial charge is 0.223 e. The predicted octanol–water partition coefficient (Wildman–Crippen LogP) is 1.06. The summed E-state index contributed by atoms with van der Waals surface area (Å²) in [7, 11) is -3.19. The van der Waals surface area contributed by atoms with Crippen LogP contribution in [-0.2, 0) is 14.8 Å². The number of aryl methyl sites for hydroxylation is 1.